The number of hydrogen-bond acceptors (Lipinski definition) is 3. The van der Waals surface area contributed by atoms with Crippen molar-refractivity contribution in [2.75, 3.05) is 0 Å². The molecule has 0 aliphatic rings. The van der Waals surface area contributed by atoms with Crippen LogP contribution in [0.4, 0.5) is 0 Å². The maximum Gasteiger partial charge on any atom is 0.241 e. The van der Waals surface area contributed by atoms with Crippen LogP contribution in [-0.4, -0.2) is 20.4 Å². The van der Waals surface area contributed by atoms with Crippen LogP contribution in [0, 0.1) is 0 Å². The molecule has 146 valence electrons. The van der Waals surface area contributed by atoms with Crippen molar-refractivity contribution in [3.63, 3.8) is 0 Å². The Kier molecular flexibility index (Phi) is 6.03. The zero-order chi connectivity index (χ0) is 20.3. The highest BCUT2D eigenvalue weighted by molar-refractivity contribution is 7.89. The molecule has 2 N–H and O–H groups in total. The van der Waals surface area contributed by atoms with Crippen LogP contribution in [0.15, 0.2) is 71.6 Å². The second-order valence-corrected chi connectivity index (χ2v) is 8.78. The standard InChI is InChI=1S/C21H21ClN2O3S/c1-14(17-8-7-16-5-3-4-6-18(16)13-17)23-21(25)15(2)24-28(26,27)20-11-9-19(22)10-12-20/h3-15,24H,1-2H3,(H,23,25). The molecule has 3 rings (SSSR count). The molecule has 28 heavy (non-hydrogen) atoms. The van der Waals surface area contributed by atoms with Gasteiger partial charge in [-0.05, 0) is 60.5 Å². The Morgan fingerprint density at radius 3 is 2.25 bits per heavy atom. The van der Waals surface area contributed by atoms with Gasteiger partial charge in [-0.3, -0.25) is 4.79 Å². The fourth-order valence-electron chi connectivity index (χ4n) is 2.87. The number of fused-ring (bicyclic) bond motifs is 1. The lowest BCUT2D eigenvalue weighted by molar-refractivity contribution is -0.123. The molecular formula is C21H21ClN2O3S. The van der Waals surface area contributed by atoms with Gasteiger partial charge < -0.3 is 5.32 Å². The van der Waals surface area contributed by atoms with Gasteiger partial charge in [-0.25, -0.2) is 8.42 Å². The molecule has 0 heterocycles. The molecule has 0 bridgehead atoms. The minimum atomic E-state index is -3.82. The van der Waals surface area contributed by atoms with Crippen LogP contribution in [0.3, 0.4) is 0 Å². The van der Waals surface area contributed by atoms with E-state index in [9.17, 15) is 13.2 Å². The zero-order valence-electron chi connectivity index (χ0n) is 15.5. The number of nitrogens with one attached hydrogen (secondary N) is 2. The fourth-order valence-corrected chi connectivity index (χ4v) is 4.20. The number of halogens is 1. The van der Waals surface area contributed by atoms with Crippen LogP contribution in [-0.2, 0) is 14.8 Å². The van der Waals surface area contributed by atoms with E-state index in [1.54, 1.807) is 0 Å². The van der Waals surface area contributed by atoms with E-state index >= 15 is 0 Å². The molecule has 0 fully saturated rings. The number of sulfonamides is 1. The van der Waals surface area contributed by atoms with Gasteiger partial charge in [0, 0.05) is 5.02 Å². The van der Waals surface area contributed by atoms with Gasteiger partial charge in [0.2, 0.25) is 15.9 Å². The lowest BCUT2D eigenvalue weighted by Crippen LogP contribution is -2.45. The van der Waals surface area contributed by atoms with E-state index in [0.29, 0.717) is 5.02 Å². The molecule has 0 aliphatic heterocycles. The van der Waals surface area contributed by atoms with Gasteiger partial charge in [0.05, 0.1) is 17.0 Å². The first-order valence-corrected chi connectivity index (χ1v) is 10.7. The predicted molar refractivity (Wildman–Crippen MR) is 112 cm³/mol. The fraction of sp³-hybridized carbons (Fsp3) is 0.190. The minimum Gasteiger partial charge on any atom is -0.348 e. The molecule has 0 spiro atoms. The van der Waals surface area contributed by atoms with Gasteiger partial charge in [-0.15, -0.1) is 0 Å². The number of carbonyl (C=O) groups is 1. The maximum atomic E-state index is 12.5. The van der Waals surface area contributed by atoms with Gasteiger partial charge in [0.1, 0.15) is 0 Å². The minimum absolute atomic E-state index is 0.0547. The van der Waals surface area contributed by atoms with Crippen LogP contribution < -0.4 is 10.0 Å². The van der Waals surface area contributed by atoms with Gasteiger partial charge in [-0.2, -0.15) is 4.72 Å². The van der Waals surface area contributed by atoms with E-state index in [4.69, 9.17) is 11.6 Å². The Hall–Kier alpha value is -2.41. The van der Waals surface area contributed by atoms with Crippen molar-refractivity contribution in [2.45, 2.75) is 30.8 Å². The number of benzene rings is 3. The summed E-state index contributed by atoms with van der Waals surface area (Å²) in [7, 11) is -3.82. The maximum absolute atomic E-state index is 12.5. The molecule has 5 nitrogen and oxygen atoms in total. The first kappa shape index (κ1) is 20.3. The summed E-state index contributed by atoms with van der Waals surface area (Å²) in [6.45, 7) is 3.37. The normalized spacial score (nSPS) is 13.8. The van der Waals surface area contributed by atoms with Crippen LogP contribution in [0.1, 0.15) is 25.5 Å². The predicted octanol–water partition coefficient (Wildman–Crippen LogP) is 4.04. The topological polar surface area (TPSA) is 75.3 Å². The Bertz CT molecular complexity index is 1100. The Morgan fingerprint density at radius 2 is 1.57 bits per heavy atom. The van der Waals surface area contributed by atoms with E-state index < -0.39 is 22.0 Å². The molecule has 0 aromatic heterocycles. The molecule has 0 saturated carbocycles. The molecule has 0 saturated heterocycles. The average Bonchev–Trinajstić information content (AvgIpc) is 2.67. The van der Waals surface area contributed by atoms with Gasteiger partial charge in [0.25, 0.3) is 0 Å². The Balaban J connectivity index is 1.68. The van der Waals surface area contributed by atoms with Crippen molar-refractivity contribution >= 4 is 38.3 Å². The van der Waals surface area contributed by atoms with E-state index in [0.717, 1.165) is 16.3 Å². The highest BCUT2D eigenvalue weighted by Gasteiger charge is 2.23. The molecular weight excluding hydrogens is 396 g/mol. The average molecular weight is 417 g/mol. The third kappa shape index (κ3) is 4.70. The molecule has 3 aromatic carbocycles. The smallest absolute Gasteiger partial charge is 0.241 e. The van der Waals surface area contributed by atoms with Crippen molar-refractivity contribution in [2.24, 2.45) is 0 Å². The molecule has 2 unspecified atom stereocenters. The third-order valence-corrected chi connectivity index (χ3v) is 6.29. The highest BCUT2D eigenvalue weighted by atomic mass is 35.5. The van der Waals surface area contributed by atoms with Crippen LogP contribution >= 0.6 is 11.6 Å². The van der Waals surface area contributed by atoms with E-state index in [1.165, 1.54) is 31.2 Å². The zero-order valence-corrected chi connectivity index (χ0v) is 17.1. The second kappa shape index (κ2) is 8.31. The first-order valence-electron chi connectivity index (χ1n) is 8.83. The summed E-state index contributed by atoms with van der Waals surface area (Å²) in [5.74, 6) is -0.404. The van der Waals surface area contributed by atoms with Gasteiger partial charge in [0.15, 0.2) is 0 Å². The van der Waals surface area contributed by atoms with Crippen LogP contribution in [0.5, 0.6) is 0 Å². The Morgan fingerprint density at radius 1 is 0.929 bits per heavy atom. The van der Waals surface area contributed by atoms with Crippen molar-refractivity contribution < 1.29 is 13.2 Å². The van der Waals surface area contributed by atoms with E-state index in [2.05, 4.69) is 10.0 Å². The largest absolute Gasteiger partial charge is 0.348 e. The second-order valence-electron chi connectivity index (χ2n) is 6.63. The number of carbonyl (C=O) groups excluding carboxylic acids is 1. The summed E-state index contributed by atoms with van der Waals surface area (Å²) in [5, 5.41) is 5.50. The Labute approximate surface area is 169 Å². The third-order valence-electron chi connectivity index (χ3n) is 4.48. The number of rotatable bonds is 6. The molecule has 1 amide bonds. The molecule has 3 aromatic rings. The first-order chi connectivity index (χ1) is 13.3. The monoisotopic (exact) mass is 416 g/mol. The summed E-state index contributed by atoms with van der Waals surface area (Å²) in [4.78, 5) is 12.5. The quantitative estimate of drug-likeness (QED) is 0.636. The number of hydrogen-bond donors (Lipinski definition) is 2. The van der Waals surface area contributed by atoms with Crippen molar-refractivity contribution in [1.82, 2.24) is 10.0 Å². The van der Waals surface area contributed by atoms with Crippen LogP contribution in [0.2, 0.25) is 5.02 Å². The summed E-state index contributed by atoms with van der Waals surface area (Å²) >= 11 is 5.79. The van der Waals surface area contributed by atoms with E-state index in [-0.39, 0.29) is 10.9 Å². The molecule has 7 heteroatoms. The summed E-state index contributed by atoms with van der Waals surface area (Å²) in [6, 6.07) is 18.5. The molecule has 0 aliphatic carbocycles. The summed E-state index contributed by atoms with van der Waals surface area (Å²) in [6.07, 6.45) is 0. The van der Waals surface area contributed by atoms with Crippen LogP contribution in [0.25, 0.3) is 10.8 Å². The van der Waals surface area contributed by atoms with Gasteiger partial charge in [-0.1, -0.05) is 48.0 Å². The summed E-state index contributed by atoms with van der Waals surface area (Å²) in [5.41, 5.74) is 0.944. The highest BCUT2D eigenvalue weighted by Crippen LogP contribution is 2.20. The lowest BCUT2D eigenvalue weighted by atomic mass is 10.0. The van der Waals surface area contributed by atoms with Gasteiger partial charge >= 0.3 is 0 Å². The molecule has 0 radical (unpaired) electrons. The van der Waals surface area contributed by atoms with Crippen molar-refractivity contribution in [1.29, 1.82) is 0 Å². The lowest BCUT2D eigenvalue weighted by Gasteiger charge is -2.19. The van der Waals surface area contributed by atoms with Crippen molar-refractivity contribution in [3.8, 4) is 0 Å². The molecule has 2 atom stereocenters. The van der Waals surface area contributed by atoms with Crippen molar-refractivity contribution in [3.05, 3.63) is 77.3 Å². The SMILES string of the molecule is CC(NS(=O)(=O)c1ccc(Cl)cc1)C(=O)NC(C)c1ccc2ccccc2c1. The summed E-state index contributed by atoms with van der Waals surface area (Å²) < 4.78 is 27.2. The van der Waals surface area contributed by atoms with E-state index in [1.807, 2.05) is 49.4 Å². The number of amides is 1.